The third kappa shape index (κ3) is 3.73. The average Bonchev–Trinajstić information content (AvgIpc) is 2.68. The van der Waals surface area contributed by atoms with Crippen LogP contribution in [-0.2, 0) is 9.53 Å². The molecule has 1 aliphatic carbocycles. The third-order valence-corrected chi connectivity index (χ3v) is 6.84. The van der Waals surface area contributed by atoms with Crippen molar-refractivity contribution in [3.05, 3.63) is 29.8 Å². The number of benzene rings is 1. The van der Waals surface area contributed by atoms with Gasteiger partial charge in [0, 0.05) is 54.3 Å². The fraction of sp³-hybridized carbons (Fsp3) is 0.600. The van der Waals surface area contributed by atoms with E-state index in [1.54, 1.807) is 24.3 Å². The normalized spacial score (nSPS) is 27.0. The zero-order chi connectivity index (χ0) is 19.7. The van der Waals surface area contributed by atoms with E-state index in [0.717, 1.165) is 24.6 Å². The van der Waals surface area contributed by atoms with E-state index in [9.17, 15) is 9.59 Å². The number of nitrogens with one attached hydrogen (secondary N) is 1. The Bertz CT molecular complexity index is 718. The van der Waals surface area contributed by atoms with E-state index in [2.05, 4.69) is 5.32 Å². The van der Waals surface area contributed by atoms with Gasteiger partial charge < -0.3 is 20.7 Å². The van der Waals surface area contributed by atoms with Gasteiger partial charge >= 0.3 is 0 Å². The number of rotatable bonds is 5. The molecule has 0 radical (unpaired) electrons. The van der Waals surface area contributed by atoms with Crippen LogP contribution in [-0.4, -0.2) is 59.6 Å². The first-order chi connectivity index (χ1) is 12.8. The maximum absolute atomic E-state index is 12.9. The van der Waals surface area contributed by atoms with Crippen molar-refractivity contribution in [3.8, 4) is 0 Å². The molecule has 148 valence electrons. The van der Waals surface area contributed by atoms with Gasteiger partial charge in [-0.1, -0.05) is 19.9 Å². The maximum Gasteiger partial charge on any atom is 0.253 e. The number of hydrogen-bond acceptors (Lipinski definition) is 5. The van der Waals surface area contributed by atoms with Gasteiger partial charge in [-0.2, -0.15) is 11.8 Å². The number of hydrogen-bond donors (Lipinski definition) is 2. The highest BCUT2D eigenvalue weighted by molar-refractivity contribution is 7.99. The largest absolute Gasteiger partial charge is 0.378 e. The minimum atomic E-state index is -0.989. The number of nitrogens with zero attached hydrogens (tertiary/aromatic N) is 1. The van der Waals surface area contributed by atoms with Crippen LogP contribution < -0.4 is 11.1 Å². The number of carbonyl (C=O) groups excluding carboxylic acids is 2. The van der Waals surface area contributed by atoms with Crippen LogP contribution in [0.25, 0.3) is 0 Å². The molecule has 1 heterocycles. The lowest BCUT2D eigenvalue weighted by Crippen LogP contribution is -2.74. The molecule has 0 aromatic heterocycles. The van der Waals surface area contributed by atoms with Crippen molar-refractivity contribution in [1.82, 2.24) is 4.90 Å². The molecule has 1 aromatic carbocycles. The Morgan fingerprint density at radius 1 is 1.33 bits per heavy atom. The standard InChI is InChI=1S/C20H29N3O3S/c1-4-26-16-13-20(21,19(16,2)3)18(25)22-15-7-5-6-14(12-15)17(24)23-8-10-27-11-9-23/h5-7,12,16H,4,8-11,13,21H2,1-3H3,(H,22,25). The fourth-order valence-electron chi connectivity index (χ4n) is 3.74. The zero-order valence-electron chi connectivity index (χ0n) is 16.3. The summed E-state index contributed by atoms with van der Waals surface area (Å²) in [6.07, 6.45) is 0.465. The molecule has 2 unspecified atom stereocenters. The Morgan fingerprint density at radius 3 is 2.67 bits per heavy atom. The first-order valence-corrected chi connectivity index (χ1v) is 10.6. The summed E-state index contributed by atoms with van der Waals surface area (Å²) in [5.41, 5.74) is 6.18. The topological polar surface area (TPSA) is 84.7 Å². The summed E-state index contributed by atoms with van der Waals surface area (Å²) in [5.74, 6) is 1.71. The van der Waals surface area contributed by atoms with E-state index in [1.807, 2.05) is 37.4 Å². The summed E-state index contributed by atoms with van der Waals surface area (Å²) in [7, 11) is 0. The first kappa shape index (κ1) is 20.2. The van der Waals surface area contributed by atoms with Crippen molar-refractivity contribution in [3.63, 3.8) is 0 Å². The Labute approximate surface area is 165 Å². The van der Waals surface area contributed by atoms with Crippen LogP contribution in [0.2, 0.25) is 0 Å². The van der Waals surface area contributed by atoms with Gasteiger partial charge in [-0.25, -0.2) is 0 Å². The second kappa shape index (κ2) is 7.81. The Kier molecular flexibility index (Phi) is 5.84. The van der Waals surface area contributed by atoms with Crippen LogP contribution in [0.5, 0.6) is 0 Å². The van der Waals surface area contributed by atoms with Crippen molar-refractivity contribution in [1.29, 1.82) is 0 Å². The lowest BCUT2D eigenvalue weighted by atomic mass is 9.54. The lowest BCUT2D eigenvalue weighted by molar-refractivity contribution is -0.166. The molecule has 1 saturated carbocycles. The molecular weight excluding hydrogens is 362 g/mol. The molecule has 7 heteroatoms. The lowest BCUT2D eigenvalue weighted by Gasteiger charge is -2.57. The SMILES string of the molecule is CCOC1CC(N)(C(=O)Nc2cccc(C(=O)N3CCSCC3)c2)C1(C)C. The number of carbonyl (C=O) groups is 2. The van der Waals surface area contributed by atoms with E-state index >= 15 is 0 Å². The summed E-state index contributed by atoms with van der Waals surface area (Å²) >= 11 is 1.86. The minimum Gasteiger partial charge on any atom is -0.378 e. The molecule has 0 bridgehead atoms. The molecule has 6 nitrogen and oxygen atoms in total. The van der Waals surface area contributed by atoms with Crippen molar-refractivity contribution >= 4 is 29.3 Å². The summed E-state index contributed by atoms with van der Waals surface area (Å²) < 4.78 is 5.69. The van der Waals surface area contributed by atoms with Crippen LogP contribution in [0.15, 0.2) is 24.3 Å². The van der Waals surface area contributed by atoms with Gasteiger partial charge in [0.05, 0.1) is 6.10 Å². The minimum absolute atomic E-state index is 0.00856. The number of anilines is 1. The number of thioether (sulfide) groups is 1. The third-order valence-electron chi connectivity index (χ3n) is 5.90. The number of ether oxygens (including phenoxy) is 1. The predicted octanol–water partition coefficient (Wildman–Crippen LogP) is 2.35. The molecule has 27 heavy (non-hydrogen) atoms. The molecule has 2 fully saturated rings. The highest BCUT2D eigenvalue weighted by Crippen LogP contribution is 2.50. The molecule has 1 aromatic rings. The van der Waals surface area contributed by atoms with E-state index in [-0.39, 0.29) is 17.9 Å². The Balaban J connectivity index is 1.69. The van der Waals surface area contributed by atoms with Crippen LogP contribution in [0.3, 0.4) is 0 Å². The second-order valence-corrected chi connectivity index (χ2v) is 9.01. The van der Waals surface area contributed by atoms with E-state index in [4.69, 9.17) is 10.5 Å². The van der Waals surface area contributed by atoms with E-state index in [1.165, 1.54) is 0 Å². The van der Waals surface area contributed by atoms with Gasteiger partial charge in [0.1, 0.15) is 5.54 Å². The van der Waals surface area contributed by atoms with Gasteiger partial charge in [0.15, 0.2) is 0 Å². The predicted molar refractivity (Wildman–Crippen MR) is 109 cm³/mol. The molecule has 2 aliphatic rings. The van der Waals surface area contributed by atoms with E-state index < -0.39 is 11.0 Å². The second-order valence-electron chi connectivity index (χ2n) is 7.78. The molecule has 1 saturated heterocycles. The van der Waals surface area contributed by atoms with Gasteiger partial charge in [-0.15, -0.1) is 0 Å². The average molecular weight is 392 g/mol. The van der Waals surface area contributed by atoms with Crippen LogP contribution in [0.4, 0.5) is 5.69 Å². The molecule has 3 rings (SSSR count). The van der Waals surface area contributed by atoms with Gasteiger partial charge in [-0.05, 0) is 25.1 Å². The number of amides is 2. The summed E-state index contributed by atoms with van der Waals surface area (Å²) in [5, 5.41) is 2.91. The maximum atomic E-state index is 12.9. The van der Waals surface area contributed by atoms with Gasteiger partial charge in [-0.3, -0.25) is 9.59 Å². The summed E-state index contributed by atoms with van der Waals surface area (Å²) in [4.78, 5) is 27.4. The molecule has 0 spiro atoms. The summed E-state index contributed by atoms with van der Waals surface area (Å²) in [6.45, 7) is 7.99. The van der Waals surface area contributed by atoms with Gasteiger partial charge in [0.2, 0.25) is 5.91 Å². The highest BCUT2D eigenvalue weighted by Gasteiger charge is 2.62. The molecular formula is C20H29N3O3S. The quantitative estimate of drug-likeness (QED) is 0.805. The van der Waals surface area contributed by atoms with Gasteiger partial charge in [0.25, 0.3) is 5.91 Å². The smallest absolute Gasteiger partial charge is 0.253 e. The van der Waals surface area contributed by atoms with Crippen LogP contribution in [0, 0.1) is 5.41 Å². The fourth-order valence-corrected chi connectivity index (χ4v) is 4.65. The Hall–Kier alpha value is -1.57. The molecule has 2 atom stereocenters. The highest BCUT2D eigenvalue weighted by atomic mass is 32.2. The van der Waals surface area contributed by atoms with E-state index in [0.29, 0.717) is 24.3 Å². The first-order valence-electron chi connectivity index (χ1n) is 9.48. The molecule has 2 amide bonds. The van der Waals surface area contributed by atoms with Crippen molar-refractivity contribution in [2.24, 2.45) is 11.1 Å². The van der Waals surface area contributed by atoms with Crippen LogP contribution in [0.1, 0.15) is 37.6 Å². The Morgan fingerprint density at radius 2 is 2.04 bits per heavy atom. The van der Waals surface area contributed by atoms with Crippen molar-refractivity contribution in [2.75, 3.05) is 36.5 Å². The van der Waals surface area contributed by atoms with Crippen molar-refractivity contribution < 1.29 is 14.3 Å². The monoisotopic (exact) mass is 391 g/mol. The zero-order valence-corrected chi connectivity index (χ0v) is 17.1. The van der Waals surface area contributed by atoms with Crippen molar-refractivity contribution in [2.45, 2.75) is 38.8 Å². The van der Waals surface area contributed by atoms with Crippen LogP contribution >= 0.6 is 11.8 Å². The summed E-state index contributed by atoms with van der Waals surface area (Å²) in [6, 6.07) is 7.10. The molecule has 3 N–H and O–H groups in total. The molecule has 1 aliphatic heterocycles. The number of nitrogens with two attached hydrogens (primary N) is 1.